The second-order valence-corrected chi connectivity index (χ2v) is 25.2. The molecule has 4 nitrogen and oxygen atoms in total. The van der Waals surface area contributed by atoms with Crippen LogP contribution in [0.15, 0.2) is 270 Å². The molecule has 3 aliphatic carbocycles. The van der Waals surface area contributed by atoms with Crippen LogP contribution in [0.1, 0.15) is 73.6 Å². The molecular formula is C82H58N2O2. The minimum atomic E-state index is -0.479. The van der Waals surface area contributed by atoms with Gasteiger partial charge in [0.2, 0.25) is 0 Å². The standard InChI is InChI=1S/C82H58N2O2/c1-80(2)62-43-58-59-44-63-61(77-55-34-18-16-32-53(55)71(48-67(77)81(63,3)4)84(51-29-13-8-14-30-51)69-38-24-42-75-79(69)57-36-20-22-40-73(57)86-75)46-65(59)82(5,49-25-9-6-10-26-49)64(58)45-60(62)76-54-33-17-15-31-52(54)70(47-66(76)80)83(50-27-11-7-12-28-50)68-37-23-41-74-78(68)56-35-19-21-39-72(56)85-74/h6-48H,1-5H3. The number of fused-ring (bicyclic) bond motifs is 19. The molecule has 18 rings (SSSR count). The Morgan fingerprint density at radius 2 is 0.616 bits per heavy atom. The fraction of sp³-hybridized carbons (Fsp3) is 0.0976. The van der Waals surface area contributed by atoms with Crippen LogP contribution >= 0.6 is 0 Å². The van der Waals surface area contributed by atoms with Crippen LogP contribution < -0.4 is 9.80 Å². The summed E-state index contributed by atoms with van der Waals surface area (Å²) in [6, 6.07) is 96.5. The average molecular weight is 1100 g/mol. The zero-order valence-electron chi connectivity index (χ0n) is 48.5. The third-order valence-electron chi connectivity index (χ3n) is 20.1. The largest absolute Gasteiger partial charge is 0.456 e. The van der Waals surface area contributed by atoms with Gasteiger partial charge in [0.1, 0.15) is 22.3 Å². The third-order valence-corrected chi connectivity index (χ3v) is 20.1. The van der Waals surface area contributed by atoms with Crippen molar-refractivity contribution in [3.8, 4) is 33.4 Å². The van der Waals surface area contributed by atoms with Crippen molar-refractivity contribution in [3.05, 3.63) is 300 Å². The van der Waals surface area contributed by atoms with E-state index >= 15 is 0 Å². The molecule has 408 valence electrons. The number of anilines is 6. The highest BCUT2D eigenvalue weighted by molar-refractivity contribution is 6.19. The zero-order valence-corrected chi connectivity index (χ0v) is 48.5. The Bertz CT molecular complexity index is 5060. The molecule has 0 aliphatic heterocycles. The molecule has 0 atom stereocenters. The predicted octanol–water partition coefficient (Wildman–Crippen LogP) is 22.7. The number of furan rings is 2. The van der Waals surface area contributed by atoms with Gasteiger partial charge in [0.05, 0.1) is 33.5 Å². The van der Waals surface area contributed by atoms with Gasteiger partial charge in [0.25, 0.3) is 0 Å². The van der Waals surface area contributed by atoms with Gasteiger partial charge >= 0.3 is 0 Å². The lowest BCUT2D eigenvalue weighted by Crippen LogP contribution is -2.23. The molecule has 3 aliphatic rings. The quantitative estimate of drug-likeness (QED) is 0.159. The summed E-state index contributed by atoms with van der Waals surface area (Å²) in [6.45, 7) is 12.3. The van der Waals surface area contributed by atoms with Crippen molar-refractivity contribution in [2.45, 2.75) is 50.9 Å². The van der Waals surface area contributed by atoms with E-state index in [2.05, 4.69) is 305 Å². The van der Waals surface area contributed by atoms with Gasteiger partial charge in [-0.2, -0.15) is 0 Å². The molecular weight excluding hydrogens is 1040 g/mol. The Morgan fingerprint density at radius 1 is 0.267 bits per heavy atom. The van der Waals surface area contributed by atoms with Crippen molar-refractivity contribution in [2.75, 3.05) is 9.80 Å². The van der Waals surface area contributed by atoms with E-state index in [0.717, 1.165) is 78.0 Å². The molecule has 15 aromatic rings. The molecule has 0 N–H and O–H groups in total. The molecule has 2 heterocycles. The van der Waals surface area contributed by atoms with Crippen molar-refractivity contribution in [1.82, 2.24) is 0 Å². The highest BCUT2D eigenvalue weighted by Crippen LogP contribution is 2.64. The van der Waals surface area contributed by atoms with Crippen LogP contribution in [0.2, 0.25) is 0 Å². The molecule has 0 amide bonds. The van der Waals surface area contributed by atoms with Gasteiger partial charge in [0.15, 0.2) is 0 Å². The maximum absolute atomic E-state index is 6.57. The fourth-order valence-electron chi connectivity index (χ4n) is 15.9. The fourth-order valence-corrected chi connectivity index (χ4v) is 15.9. The van der Waals surface area contributed by atoms with Gasteiger partial charge in [-0.25, -0.2) is 0 Å². The highest BCUT2D eigenvalue weighted by Gasteiger charge is 2.48. The Balaban J connectivity index is 0.847. The lowest BCUT2D eigenvalue weighted by molar-refractivity contribution is 0.659. The van der Waals surface area contributed by atoms with E-state index in [1.807, 2.05) is 0 Å². The number of rotatable bonds is 7. The molecule has 86 heavy (non-hydrogen) atoms. The Hall–Kier alpha value is -10.4. The summed E-state index contributed by atoms with van der Waals surface area (Å²) in [4.78, 5) is 4.95. The van der Waals surface area contributed by atoms with Gasteiger partial charge in [-0.05, 0) is 187 Å². The summed E-state index contributed by atoms with van der Waals surface area (Å²) in [6.07, 6.45) is 0. The minimum absolute atomic E-state index is 0.361. The normalized spacial score (nSPS) is 14.6. The van der Waals surface area contributed by atoms with Crippen LogP contribution in [0.25, 0.3) is 98.8 Å². The molecule has 0 spiro atoms. The first-order valence-corrected chi connectivity index (χ1v) is 30.2. The van der Waals surface area contributed by atoms with E-state index in [4.69, 9.17) is 8.83 Å². The maximum atomic E-state index is 6.57. The van der Waals surface area contributed by atoms with E-state index in [0.29, 0.717) is 0 Å². The molecule has 4 heteroatoms. The number of hydrogen-bond acceptors (Lipinski definition) is 4. The van der Waals surface area contributed by atoms with Crippen LogP contribution in [0.4, 0.5) is 34.1 Å². The van der Waals surface area contributed by atoms with Crippen molar-refractivity contribution in [2.24, 2.45) is 0 Å². The highest BCUT2D eigenvalue weighted by atomic mass is 16.3. The number of benzene rings is 13. The van der Waals surface area contributed by atoms with Crippen molar-refractivity contribution >= 4 is 99.5 Å². The van der Waals surface area contributed by atoms with E-state index in [1.54, 1.807) is 0 Å². The lowest BCUT2D eigenvalue weighted by Gasteiger charge is -2.30. The first-order valence-electron chi connectivity index (χ1n) is 30.2. The smallest absolute Gasteiger partial charge is 0.137 e. The van der Waals surface area contributed by atoms with Gasteiger partial charge in [-0.1, -0.05) is 191 Å². The molecule has 0 fully saturated rings. The lowest BCUT2D eigenvalue weighted by atomic mass is 9.72. The Kier molecular flexibility index (Phi) is 10.0. The van der Waals surface area contributed by atoms with Crippen LogP contribution in [0.5, 0.6) is 0 Å². The van der Waals surface area contributed by atoms with Crippen LogP contribution in [-0.4, -0.2) is 0 Å². The first-order chi connectivity index (χ1) is 42.1. The summed E-state index contributed by atoms with van der Waals surface area (Å²) in [5, 5.41) is 9.31. The van der Waals surface area contributed by atoms with Crippen molar-refractivity contribution in [3.63, 3.8) is 0 Å². The monoisotopic (exact) mass is 1100 g/mol. The van der Waals surface area contributed by atoms with Gasteiger partial charge in [0, 0.05) is 49.2 Å². The molecule has 2 aromatic heterocycles. The molecule has 0 saturated carbocycles. The van der Waals surface area contributed by atoms with Crippen LogP contribution in [0, 0.1) is 0 Å². The SMILES string of the molecule is CC1(C)c2cc3c(cc2-c2c1cc(N(c1ccccc1)c1cccc4oc5ccccc5c14)c1ccccc21)C(C)(c1ccccc1)c1cc2c(cc1-3)C(C)(C)c1cc(N(c3ccccc3)c3cccc4oc5ccccc5c34)c3ccccc3c1-2. The van der Waals surface area contributed by atoms with E-state index in [9.17, 15) is 0 Å². The molecule has 0 radical (unpaired) electrons. The van der Waals surface area contributed by atoms with Gasteiger partial charge in [-0.15, -0.1) is 0 Å². The topological polar surface area (TPSA) is 32.8 Å². The van der Waals surface area contributed by atoms with Crippen LogP contribution in [0.3, 0.4) is 0 Å². The molecule has 0 unspecified atom stereocenters. The van der Waals surface area contributed by atoms with Crippen molar-refractivity contribution < 1.29 is 8.83 Å². The Labute approximate surface area is 499 Å². The summed E-state index contributed by atoms with van der Waals surface area (Å²) < 4.78 is 13.1. The third kappa shape index (κ3) is 6.53. The summed E-state index contributed by atoms with van der Waals surface area (Å²) in [5.41, 5.74) is 26.2. The summed E-state index contributed by atoms with van der Waals surface area (Å²) >= 11 is 0. The summed E-state index contributed by atoms with van der Waals surface area (Å²) in [5.74, 6) is 0. The van der Waals surface area contributed by atoms with Crippen molar-refractivity contribution in [1.29, 1.82) is 0 Å². The maximum Gasteiger partial charge on any atom is 0.137 e. The second-order valence-electron chi connectivity index (χ2n) is 25.2. The molecule has 13 aromatic carbocycles. The number of nitrogens with zero attached hydrogens (tertiary/aromatic N) is 2. The molecule has 0 bridgehead atoms. The Morgan fingerprint density at radius 3 is 1.05 bits per heavy atom. The summed E-state index contributed by atoms with van der Waals surface area (Å²) in [7, 11) is 0. The van der Waals surface area contributed by atoms with Crippen LogP contribution in [-0.2, 0) is 16.2 Å². The zero-order chi connectivity index (χ0) is 57.4. The average Bonchev–Trinajstić information content (AvgIpc) is 1.53. The van der Waals surface area contributed by atoms with Gasteiger partial charge < -0.3 is 18.6 Å². The van der Waals surface area contributed by atoms with E-state index in [-0.39, 0.29) is 10.8 Å². The van der Waals surface area contributed by atoms with E-state index in [1.165, 1.54) is 93.9 Å². The van der Waals surface area contributed by atoms with Gasteiger partial charge in [-0.3, -0.25) is 0 Å². The molecule has 0 saturated heterocycles. The second kappa shape index (κ2) is 17.6. The first kappa shape index (κ1) is 49.0. The predicted molar refractivity (Wildman–Crippen MR) is 358 cm³/mol. The number of para-hydroxylation sites is 4. The van der Waals surface area contributed by atoms with E-state index < -0.39 is 5.41 Å². The minimum Gasteiger partial charge on any atom is -0.456 e. The number of hydrogen-bond donors (Lipinski definition) is 0.